The van der Waals surface area contributed by atoms with Gasteiger partial charge in [0.2, 0.25) is 0 Å². The van der Waals surface area contributed by atoms with Crippen LogP contribution in [0.15, 0.2) is 0 Å². The minimum Gasteiger partial charge on any atom is -0.395 e. The van der Waals surface area contributed by atoms with E-state index < -0.39 is 0 Å². The molecule has 1 fully saturated rings. The topological polar surface area (TPSA) is 66.5 Å². The lowest BCUT2D eigenvalue weighted by molar-refractivity contribution is 0.209. The van der Waals surface area contributed by atoms with E-state index in [4.69, 9.17) is 10.8 Å². The normalized spacial score (nSPS) is 39.3. The molecule has 0 heterocycles. The van der Waals surface area contributed by atoms with Gasteiger partial charge in [0, 0.05) is 12.0 Å². The van der Waals surface area contributed by atoms with Crippen molar-refractivity contribution in [2.75, 3.05) is 6.61 Å². The maximum Gasteiger partial charge on any atom is 0.0645 e. The molecule has 0 bridgehead atoms. The van der Waals surface area contributed by atoms with Gasteiger partial charge in [0.05, 0.1) is 12.7 Å². The summed E-state index contributed by atoms with van der Waals surface area (Å²) >= 11 is 0. The maximum absolute atomic E-state index is 9.26. The van der Waals surface area contributed by atoms with Crippen LogP contribution in [0.3, 0.4) is 0 Å². The molecular weight excluding hydrogens is 130 g/mol. The first kappa shape index (κ1) is 7.98. The average Bonchev–Trinajstić information content (AvgIpc) is 2.33. The Bertz CT molecular complexity index is 136. The molecule has 0 radical (unpaired) electrons. The molecule has 0 saturated heterocycles. The van der Waals surface area contributed by atoms with Crippen LogP contribution in [0.2, 0.25) is 0 Å². The van der Waals surface area contributed by atoms with E-state index >= 15 is 0 Å². The molecule has 1 rings (SSSR count). The van der Waals surface area contributed by atoms with Crippen LogP contribution in [-0.4, -0.2) is 29.0 Å². The van der Waals surface area contributed by atoms with Crippen molar-refractivity contribution in [2.24, 2.45) is 17.1 Å². The van der Waals surface area contributed by atoms with Gasteiger partial charge in [0.15, 0.2) is 0 Å². The summed E-state index contributed by atoms with van der Waals surface area (Å²) in [5.74, 6) is 0.0810. The molecule has 1 saturated carbocycles. The number of hydrogen-bond donors (Lipinski definition) is 3. The van der Waals surface area contributed by atoms with Crippen molar-refractivity contribution in [1.29, 1.82) is 0 Å². The standard InChI is InChI=1S/C7H15NO2/c1-7(2)5(6(7)10)4(8)3-9/h4-6,9-10H,3,8H2,1-2H3. The third kappa shape index (κ3) is 0.944. The second kappa shape index (κ2) is 2.19. The second-order valence-electron chi connectivity index (χ2n) is 3.64. The molecule has 0 aromatic carbocycles. The van der Waals surface area contributed by atoms with Crippen LogP contribution in [0, 0.1) is 11.3 Å². The molecule has 3 unspecified atom stereocenters. The molecule has 10 heavy (non-hydrogen) atoms. The van der Waals surface area contributed by atoms with Crippen molar-refractivity contribution in [1.82, 2.24) is 0 Å². The van der Waals surface area contributed by atoms with E-state index in [2.05, 4.69) is 0 Å². The van der Waals surface area contributed by atoms with Gasteiger partial charge in [-0.1, -0.05) is 13.8 Å². The number of nitrogens with two attached hydrogens (primary N) is 1. The molecule has 4 N–H and O–H groups in total. The van der Waals surface area contributed by atoms with E-state index in [-0.39, 0.29) is 30.1 Å². The van der Waals surface area contributed by atoms with E-state index in [1.54, 1.807) is 0 Å². The van der Waals surface area contributed by atoms with Gasteiger partial charge in [-0.2, -0.15) is 0 Å². The Morgan fingerprint density at radius 1 is 1.60 bits per heavy atom. The Balaban J connectivity index is 2.48. The van der Waals surface area contributed by atoms with E-state index in [0.29, 0.717) is 0 Å². The Hall–Kier alpha value is -0.120. The SMILES string of the molecule is CC1(C)C(O)C1C(N)CO. The predicted octanol–water partition coefficient (Wildman–Crippen LogP) is -0.677. The first-order valence-electron chi connectivity index (χ1n) is 3.56. The lowest BCUT2D eigenvalue weighted by atomic mass is 10.1. The number of rotatable bonds is 2. The number of aliphatic hydroxyl groups excluding tert-OH is 2. The molecule has 60 valence electrons. The van der Waals surface area contributed by atoms with Crippen LogP contribution in [0.25, 0.3) is 0 Å². The van der Waals surface area contributed by atoms with E-state index in [0.717, 1.165) is 0 Å². The van der Waals surface area contributed by atoms with Crippen molar-refractivity contribution in [3.63, 3.8) is 0 Å². The minimum absolute atomic E-state index is 0.0366. The average molecular weight is 145 g/mol. The van der Waals surface area contributed by atoms with E-state index in [1.165, 1.54) is 0 Å². The molecule has 0 amide bonds. The van der Waals surface area contributed by atoms with Gasteiger partial charge in [0.1, 0.15) is 0 Å². The van der Waals surface area contributed by atoms with Crippen LogP contribution in [0.5, 0.6) is 0 Å². The van der Waals surface area contributed by atoms with Crippen LogP contribution in [0.1, 0.15) is 13.8 Å². The van der Waals surface area contributed by atoms with Crippen molar-refractivity contribution >= 4 is 0 Å². The molecule has 1 aliphatic carbocycles. The molecule has 0 aliphatic heterocycles. The minimum atomic E-state index is -0.324. The maximum atomic E-state index is 9.26. The highest BCUT2D eigenvalue weighted by atomic mass is 16.3. The molecule has 3 nitrogen and oxygen atoms in total. The van der Waals surface area contributed by atoms with Gasteiger partial charge >= 0.3 is 0 Å². The Kier molecular flexibility index (Phi) is 1.75. The molecule has 0 aromatic rings. The smallest absolute Gasteiger partial charge is 0.0645 e. The molecule has 1 aliphatic rings. The molecular formula is C7H15NO2. The highest BCUT2D eigenvalue weighted by molar-refractivity contribution is 5.09. The van der Waals surface area contributed by atoms with Gasteiger partial charge in [0.25, 0.3) is 0 Å². The van der Waals surface area contributed by atoms with Crippen molar-refractivity contribution < 1.29 is 10.2 Å². The Morgan fingerprint density at radius 3 is 2.10 bits per heavy atom. The highest BCUT2D eigenvalue weighted by Gasteiger charge is 2.59. The van der Waals surface area contributed by atoms with Crippen LogP contribution in [-0.2, 0) is 0 Å². The molecule has 0 aromatic heterocycles. The summed E-state index contributed by atoms with van der Waals surface area (Å²) in [7, 11) is 0. The summed E-state index contributed by atoms with van der Waals surface area (Å²) in [6, 6.07) is -0.259. The third-order valence-corrected chi connectivity index (χ3v) is 2.52. The van der Waals surface area contributed by atoms with Crippen molar-refractivity contribution in [3.8, 4) is 0 Å². The summed E-state index contributed by atoms with van der Waals surface area (Å²) in [4.78, 5) is 0. The summed E-state index contributed by atoms with van der Waals surface area (Å²) in [5, 5.41) is 17.9. The van der Waals surface area contributed by atoms with Crippen LogP contribution < -0.4 is 5.73 Å². The predicted molar refractivity (Wildman–Crippen MR) is 38.3 cm³/mol. The van der Waals surface area contributed by atoms with Gasteiger partial charge in [-0.25, -0.2) is 0 Å². The van der Waals surface area contributed by atoms with Crippen molar-refractivity contribution in [3.05, 3.63) is 0 Å². The fraction of sp³-hybridized carbons (Fsp3) is 1.00. The van der Waals surface area contributed by atoms with Gasteiger partial charge in [-0.05, 0) is 5.41 Å². The zero-order valence-corrected chi connectivity index (χ0v) is 6.41. The summed E-state index contributed by atoms with van der Waals surface area (Å²) in [5.41, 5.74) is 5.45. The molecule has 0 spiro atoms. The highest BCUT2D eigenvalue weighted by Crippen LogP contribution is 2.53. The summed E-state index contributed by atoms with van der Waals surface area (Å²) in [6.07, 6.45) is -0.324. The first-order valence-corrected chi connectivity index (χ1v) is 3.56. The fourth-order valence-electron chi connectivity index (χ4n) is 1.55. The zero-order chi connectivity index (χ0) is 7.94. The monoisotopic (exact) mass is 145 g/mol. The van der Waals surface area contributed by atoms with E-state index in [9.17, 15) is 5.11 Å². The lowest BCUT2D eigenvalue weighted by Gasteiger charge is -2.07. The Labute approximate surface area is 60.9 Å². The van der Waals surface area contributed by atoms with Crippen LogP contribution in [0.4, 0.5) is 0 Å². The van der Waals surface area contributed by atoms with Gasteiger partial charge in [-0.3, -0.25) is 0 Å². The second-order valence-corrected chi connectivity index (χ2v) is 3.64. The summed E-state index contributed by atoms with van der Waals surface area (Å²) < 4.78 is 0. The largest absolute Gasteiger partial charge is 0.395 e. The van der Waals surface area contributed by atoms with Gasteiger partial charge in [-0.15, -0.1) is 0 Å². The third-order valence-electron chi connectivity index (χ3n) is 2.52. The van der Waals surface area contributed by atoms with Crippen LogP contribution >= 0.6 is 0 Å². The van der Waals surface area contributed by atoms with E-state index in [1.807, 2.05) is 13.8 Å². The first-order chi connectivity index (χ1) is 4.51. The van der Waals surface area contributed by atoms with Crippen molar-refractivity contribution in [2.45, 2.75) is 26.0 Å². The number of hydrogen-bond acceptors (Lipinski definition) is 3. The van der Waals surface area contributed by atoms with Gasteiger partial charge < -0.3 is 15.9 Å². The number of aliphatic hydroxyl groups is 2. The lowest BCUT2D eigenvalue weighted by Crippen LogP contribution is -2.29. The quantitative estimate of drug-likeness (QED) is 0.482. The summed E-state index contributed by atoms with van der Waals surface area (Å²) in [6.45, 7) is 3.88. The molecule has 3 atom stereocenters. The fourth-order valence-corrected chi connectivity index (χ4v) is 1.55. The molecule has 3 heteroatoms. The Morgan fingerprint density at radius 2 is 2.00 bits per heavy atom. The zero-order valence-electron chi connectivity index (χ0n) is 6.41.